The second kappa shape index (κ2) is 6.58. The molecule has 0 atom stereocenters. The van der Waals surface area contributed by atoms with Crippen LogP contribution in [0.2, 0.25) is 0 Å². The molecule has 2 heterocycles. The van der Waals surface area contributed by atoms with Gasteiger partial charge in [0.25, 0.3) is 15.9 Å². The Labute approximate surface area is 142 Å². The standard InChI is InChI=1S/C15H14F2N2O3S2/c16-11-3-4-12(13(17)10-11)15(20)18-5-7-19(8-6-18)24(21,22)14-2-1-9-23-14/h1-4,9-10H,5-8H2. The van der Waals surface area contributed by atoms with Crippen LogP contribution < -0.4 is 0 Å². The Morgan fingerprint density at radius 1 is 1.08 bits per heavy atom. The van der Waals surface area contributed by atoms with Crippen molar-refractivity contribution < 1.29 is 22.0 Å². The Morgan fingerprint density at radius 3 is 2.38 bits per heavy atom. The molecular weight excluding hydrogens is 358 g/mol. The monoisotopic (exact) mass is 372 g/mol. The van der Waals surface area contributed by atoms with E-state index in [1.54, 1.807) is 11.4 Å². The van der Waals surface area contributed by atoms with Crippen LogP contribution in [0.15, 0.2) is 39.9 Å². The van der Waals surface area contributed by atoms with Crippen molar-refractivity contribution in [3.63, 3.8) is 0 Å². The first-order valence-electron chi connectivity index (χ1n) is 7.17. The summed E-state index contributed by atoms with van der Waals surface area (Å²) < 4.78 is 53.0. The maximum atomic E-state index is 13.7. The van der Waals surface area contributed by atoms with Gasteiger partial charge in [-0.3, -0.25) is 4.79 Å². The maximum absolute atomic E-state index is 13.7. The minimum absolute atomic E-state index is 0.134. The SMILES string of the molecule is O=C(c1ccc(F)cc1F)N1CCN(S(=O)(=O)c2cccs2)CC1. The predicted octanol–water partition coefficient (Wildman–Crippen LogP) is 2.17. The van der Waals surface area contributed by atoms with Gasteiger partial charge in [-0.15, -0.1) is 11.3 Å². The van der Waals surface area contributed by atoms with Gasteiger partial charge in [0.05, 0.1) is 5.56 Å². The average Bonchev–Trinajstić information content (AvgIpc) is 3.10. The molecule has 1 aliphatic rings. The fraction of sp³-hybridized carbons (Fsp3) is 0.267. The van der Waals surface area contributed by atoms with Crippen LogP contribution in [0.5, 0.6) is 0 Å². The summed E-state index contributed by atoms with van der Waals surface area (Å²) in [6.07, 6.45) is 0. The van der Waals surface area contributed by atoms with E-state index >= 15 is 0 Å². The summed E-state index contributed by atoms with van der Waals surface area (Å²) in [6, 6.07) is 5.97. The van der Waals surface area contributed by atoms with Crippen LogP contribution in [0.1, 0.15) is 10.4 Å². The van der Waals surface area contributed by atoms with Crippen molar-refractivity contribution in [1.82, 2.24) is 9.21 Å². The largest absolute Gasteiger partial charge is 0.336 e. The molecular formula is C15H14F2N2O3S2. The van der Waals surface area contributed by atoms with Crippen LogP contribution >= 0.6 is 11.3 Å². The third-order valence-corrected chi connectivity index (χ3v) is 7.05. The van der Waals surface area contributed by atoms with Gasteiger partial charge in [0.2, 0.25) is 0 Å². The minimum atomic E-state index is -3.56. The van der Waals surface area contributed by atoms with Crippen molar-refractivity contribution in [1.29, 1.82) is 0 Å². The van der Waals surface area contributed by atoms with Gasteiger partial charge in [-0.05, 0) is 23.6 Å². The van der Waals surface area contributed by atoms with E-state index in [0.717, 1.165) is 23.5 Å². The van der Waals surface area contributed by atoms with Crippen LogP contribution in [0.4, 0.5) is 8.78 Å². The number of nitrogens with zero attached hydrogens (tertiary/aromatic N) is 2. The number of sulfonamides is 1. The van der Waals surface area contributed by atoms with Gasteiger partial charge in [-0.25, -0.2) is 17.2 Å². The minimum Gasteiger partial charge on any atom is -0.336 e. The first-order valence-corrected chi connectivity index (χ1v) is 9.49. The van der Waals surface area contributed by atoms with E-state index in [1.165, 1.54) is 15.3 Å². The highest BCUT2D eigenvalue weighted by Crippen LogP contribution is 2.22. The molecule has 1 aromatic heterocycles. The summed E-state index contributed by atoms with van der Waals surface area (Å²) in [5.41, 5.74) is -0.217. The topological polar surface area (TPSA) is 57.7 Å². The number of piperazine rings is 1. The third-order valence-electron chi connectivity index (χ3n) is 3.78. The molecule has 24 heavy (non-hydrogen) atoms. The lowest BCUT2D eigenvalue weighted by Crippen LogP contribution is -2.50. The van der Waals surface area contributed by atoms with E-state index in [0.29, 0.717) is 6.07 Å². The third kappa shape index (κ3) is 3.19. The van der Waals surface area contributed by atoms with E-state index in [2.05, 4.69) is 0 Å². The van der Waals surface area contributed by atoms with Gasteiger partial charge in [-0.1, -0.05) is 6.07 Å². The first kappa shape index (κ1) is 17.0. The van der Waals surface area contributed by atoms with Gasteiger partial charge < -0.3 is 4.90 Å². The van der Waals surface area contributed by atoms with Gasteiger partial charge in [0, 0.05) is 32.2 Å². The van der Waals surface area contributed by atoms with Crippen LogP contribution in [0, 0.1) is 11.6 Å². The van der Waals surface area contributed by atoms with Gasteiger partial charge in [0.1, 0.15) is 15.8 Å². The van der Waals surface area contributed by atoms with Crippen LogP contribution in [-0.2, 0) is 10.0 Å². The molecule has 1 saturated heterocycles. The number of amides is 1. The van der Waals surface area contributed by atoms with Crippen molar-refractivity contribution in [3.8, 4) is 0 Å². The first-order chi connectivity index (χ1) is 11.4. The molecule has 0 aliphatic carbocycles. The van der Waals surface area contributed by atoms with E-state index in [9.17, 15) is 22.0 Å². The Morgan fingerprint density at radius 2 is 1.79 bits per heavy atom. The van der Waals surface area contributed by atoms with Gasteiger partial charge in [0.15, 0.2) is 0 Å². The van der Waals surface area contributed by atoms with Crippen molar-refractivity contribution in [2.75, 3.05) is 26.2 Å². The van der Waals surface area contributed by atoms with Crippen molar-refractivity contribution in [2.45, 2.75) is 4.21 Å². The summed E-state index contributed by atoms with van der Waals surface area (Å²) in [6.45, 7) is 0.573. The number of hydrogen-bond acceptors (Lipinski definition) is 4. The Bertz CT molecular complexity index is 846. The zero-order chi connectivity index (χ0) is 17.3. The molecule has 1 aromatic carbocycles. The molecule has 2 aromatic rings. The number of carbonyl (C=O) groups is 1. The second-order valence-corrected chi connectivity index (χ2v) is 8.37. The fourth-order valence-corrected chi connectivity index (χ4v) is 5.07. The highest BCUT2D eigenvalue weighted by molar-refractivity contribution is 7.91. The lowest BCUT2D eigenvalue weighted by molar-refractivity contribution is 0.0693. The number of thiophene rings is 1. The van der Waals surface area contributed by atoms with Gasteiger partial charge in [-0.2, -0.15) is 4.31 Å². The van der Waals surface area contributed by atoms with E-state index in [1.807, 2.05) is 0 Å². The summed E-state index contributed by atoms with van der Waals surface area (Å²) >= 11 is 1.14. The van der Waals surface area contributed by atoms with E-state index in [4.69, 9.17) is 0 Å². The van der Waals surface area contributed by atoms with Crippen molar-refractivity contribution in [2.24, 2.45) is 0 Å². The Balaban J connectivity index is 1.70. The smallest absolute Gasteiger partial charge is 0.256 e. The zero-order valence-electron chi connectivity index (χ0n) is 12.5. The number of carbonyl (C=O) groups excluding carboxylic acids is 1. The Kier molecular flexibility index (Phi) is 4.66. The maximum Gasteiger partial charge on any atom is 0.256 e. The van der Waals surface area contributed by atoms with Crippen molar-refractivity contribution in [3.05, 3.63) is 52.9 Å². The highest BCUT2D eigenvalue weighted by atomic mass is 32.2. The molecule has 0 saturated carbocycles. The normalized spacial score (nSPS) is 16.3. The summed E-state index contributed by atoms with van der Waals surface area (Å²) in [7, 11) is -3.56. The van der Waals surface area contributed by atoms with E-state index < -0.39 is 27.6 Å². The molecule has 128 valence electrons. The van der Waals surface area contributed by atoms with Gasteiger partial charge >= 0.3 is 0 Å². The lowest BCUT2D eigenvalue weighted by atomic mass is 10.1. The molecule has 0 N–H and O–H groups in total. The predicted molar refractivity (Wildman–Crippen MR) is 85.3 cm³/mol. The number of benzene rings is 1. The summed E-state index contributed by atoms with van der Waals surface area (Å²) in [5, 5.41) is 1.68. The fourth-order valence-electron chi connectivity index (χ4n) is 2.50. The molecule has 0 radical (unpaired) electrons. The molecule has 0 unspecified atom stereocenters. The molecule has 0 bridgehead atoms. The molecule has 0 spiro atoms. The number of halogens is 2. The Hall–Kier alpha value is -1.84. The highest BCUT2D eigenvalue weighted by Gasteiger charge is 2.31. The average molecular weight is 372 g/mol. The van der Waals surface area contributed by atoms with Crippen LogP contribution in [0.3, 0.4) is 0 Å². The molecule has 1 aliphatic heterocycles. The lowest BCUT2D eigenvalue weighted by Gasteiger charge is -2.33. The molecule has 3 rings (SSSR count). The van der Waals surface area contributed by atoms with Crippen LogP contribution in [0.25, 0.3) is 0 Å². The van der Waals surface area contributed by atoms with E-state index in [-0.39, 0.29) is 36.0 Å². The van der Waals surface area contributed by atoms with Crippen LogP contribution in [-0.4, -0.2) is 49.7 Å². The zero-order valence-corrected chi connectivity index (χ0v) is 14.1. The number of rotatable bonds is 3. The quantitative estimate of drug-likeness (QED) is 0.830. The second-order valence-electron chi connectivity index (χ2n) is 5.25. The van der Waals surface area contributed by atoms with Crippen molar-refractivity contribution >= 4 is 27.3 Å². The summed E-state index contributed by atoms with van der Waals surface area (Å²) in [5.74, 6) is -2.25. The molecule has 1 amide bonds. The number of hydrogen-bond donors (Lipinski definition) is 0. The molecule has 1 fully saturated rings. The molecule has 5 nitrogen and oxygen atoms in total. The molecule has 9 heteroatoms. The summed E-state index contributed by atoms with van der Waals surface area (Å²) in [4.78, 5) is 13.7.